The first-order valence-electron chi connectivity index (χ1n) is 22.0. The number of amides is 4. The van der Waals surface area contributed by atoms with E-state index in [0.29, 0.717) is 43.7 Å². The number of nitrogens with zero attached hydrogens (tertiary/aromatic N) is 5. The van der Waals surface area contributed by atoms with E-state index in [1.807, 2.05) is 85.8 Å². The molecule has 1 fully saturated rings. The Morgan fingerprint density at radius 2 is 1.49 bits per heavy atom. The number of aromatic nitrogens is 2. The smallest absolute Gasteiger partial charge is 0.432 e. The molecule has 1 aliphatic carbocycles. The van der Waals surface area contributed by atoms with Gasteiger partial charge in [-0.15, -0.1) is 4.48 Å². The quantitative estimate of drug-likeness (QED) is 0.0793. The van der Waals surface area contributed by atoms with Gasteiger partial charge in [-0.2, -0.15) is 0 Å². The van der Waals surface area contributed by atoms with Crippen molar-refractivity contribution in [2.24, 2.45) is 28.3 Å². The molecule has 14 nitrogen and oxygen atoms in total. The lowest BCUT2D eigenvalue weighted by atomic mass is 9.77. The first-order valence-corrected chi connectivity index (χ1v) is 22.0. The van der Waals surface area contributed by atoms with Crippen molar-refractivity contribution in [3.63, 3.8) is 0 Å². The number of ether oxygens (including phenoxy) is 3. The molecule has 4 aromatic rings. The van der Waals surface area contributed by atoms with Crippen LogP contribution in [0.25, 0.3) is 0 Å². The van der Waals surface area contributed by atoms with Crippen molar-refractivity contribution in [2.45, 2.75) is 122 Å². The number of aliphatic hydroxyl groups excluding tert-OH is 1. The minimum Gasteiger partial charge on any atom is -0.444 e. The molecule has 7 atom stereocenters. The molecule has 3 aromatic carbocycles. The topological polar surface area (TPSA) is 185 Å². The van der Waals surface area contributed by atoms with Gasteiger partial charge in [0.05, 0.1) is 19.3 Å². The van der Waals surface area contributed by atoms with Gasteiger partial charge in [0, 0.05) is 37.9 Å². The first-order chi connectivity index (χ1) is 30.2. The molecular weight excluding hydrogens is 799 g/mol. The summed E-state index contributed by atoms with van der Waals surface area (Å²) in [6, 6.07) is 25.7. The summed E-state index contributed by atoms with van der Waals surface area (Å²) < 4.78 is 19.1. The molecule has 63 heavy (non-hydrogen) atoms. The third-order valence-corrected chi connectivity index (χ3v) is 11.7. The van der Waals surface area contributed by atoms with Gasteiger partial charge in [-0.3, -0.25) is 4.90 Å². The Bertz CT molecular complexity index is 2160. The molecule has 0 spiro atoms. The van der Waals surface area contributed by atoms with Crippen molar-refractivity contribution in [3.05, 3.63) is 138 Å². The first kappa shape index (κ1) is 47.0. The standard InChI is InChI=1S/C49H63N7O7/c1-35(25-41-29-56(33-53-41,47(51)59)46(58)42(50)27-36-15-8-5-9-16-36)55(48(60)63-49(2,3)4)43(28-39-21-14-22-40(26-39)32-61-30-37-17-10-6-11-18-37)44(57)45-52-23-24-54(45)34-62-31-38-19-12-7-13-20-38/h5-13,15-20,23-24,29,33,35,39-40,42-44,57H,14,21-22,25-28,30-32,34,50H2,1-4H3,(H-,51,59)/p+1/t35-,39?,40?,42+,43+,44+,56?/m1/s1. The van der Waals surface area contributed by atoms with E-state index in [1.54, 1.807) is 42.6 Å². The van der Waals surface area contributed by atoms with Crippen molar-refractivity contribution in [1.29, 1.82) is 0 Å². The van der Waals surface area contributed by atoms with E-state index < -0.39 is 52.3 Å². The summed E-state index contributed by atoms with van der Waals surface area (Å²) in [5.41, 5.74) is 14.8. The molecule has 14 heteroatoms. The fourth-order valence-electron chi connectivity index (χ4n) is 8.64. The minimum absolute atomic E-state index is 0.0999. The van der Waals surface area contributed by atoms with E-state index in [1.165, 1.54) is 12.5 Å². The molecule has 1 saturated carbocycles. The number of imide groups is 1. The molecule has 3 unspecified atom stereocenters. The number of benzene rings is 3. The number of rotatable bonds is 19. The number of primary amides is 1. The predicted molar refractivity (Wildman–Crippen MR) is 240 cm³/mol. The molecule has 0 saturated heterocycles. The van der Waals surface area contributed by atoms with Crippen LogP contribution in [0, 0.1) is 11.8 Å². The predicted octanol–water partition coefficient (Wildman–Crippen LogP) is 7.76. The van der Waals surface area contributed by atoms with E-state index in [4.69, 9.17) is 25.7 Å². The highest BCUT2D eigenvalue weighted by atomic mass is 16.6. The van der Waals surface area contributed by atoms with Crippen LogP contribution in [0.3, 0.4) is 0 Å². The lowest BCUT2D eigenvalue weighted by molar-refractivity contribution is -0.606. The normalized spacial score (nSPS) is 20.6. The molecular formula is C49H64N7O7+. The maximum Gasteiger partial charge on any atom is 0.432 e. The number of hydrogen-bond acceptors (Lipinski definition) is 10. The van der Waals surface area contributed by atoms with E-state index in [2.05, 4.69) is 22.1 Å². The summed E-state index contributed by atoms with van der Waals surface area (Å²) in [7, 11) is 0. The van der Waals surface area contributed by atoms with Crippen molar-refractivity contribution in [2.75, 3.05) is 6.61 Å². The van der Waals surface area contributed by atoms with Crippen LogP contribution in [0.2, 0.25) is 0 Å². The number of carbonyl (C=O) groups excluding carboxylic acids is 3. The van der Waals surface area contributed by atoms with E-state index >= 15 is 0 Å². The van der Waals surface area contributed by atoms with Gasteiger partial charge in [-0.25, -0.2) is 24.4 Å². The van der Waals surface area contributed by atoms with Gasteiger partial charge in [0.15, 0.2) is 0 Å². The molecule has 0 radical (unpaired) electrons. The Balaban J connectivity index is 1.28. The number of imidazole rings is 1. The highest BCUT2D eigenvalue weighted by Crippen LogP contribution is 2.38. The maximum atomic E-state index is 14.6. The maximum absolute atomic E-state index is 14.6. The Labute approximate surface area is 371 Å². The molecule has 1 aromatic heterocycles. The number of nitrogens with two attached hydrogens (primary N) is 2. The van der Waals surface area contributed by atoms with Crippen LogP contribution < -0.4 is 11.5 Å². The minimum atomic E-state index is -1.26. The van der Waals surface area contributed by atoms with Crippen LogP contribution in [-0.4, -0.2) is 78.7 Å². The monoisotopic (exact) mass is 862 g/mol. The van der Waals surface area contributed by atoms with Crippen molar-refractivity contribution < 1.29 is 38.2 Å². The molecule has 2 heterocycles. The van der Waals surface area contributed by atoms with Crippen molar-refractivity contribution >= 4 is 24.4 Å². The third-order valence-electron chi connectivity index (χ3n) is 11.7. The van der Waals surface area contributed by atoms with Crippen LogP contribution in [0.4, 0.5) is 9.59 Å². The molecule has 0 bridgehead atoms. The average molecular weight is 863 g/mol. The highest BCUT2D eigenvalue weighted by molar-refractivity contribution is 5.95. The van der Waals surface area contributed by atoms with E-state index in [9.17, 15) is 19.5 Å². The molecule has 4 amide bonds. The summed E-state index contributed by atoms with van der Waals surface area (Å²) in [6.07, 6.45) is 8.57. The Morgan fingerprint density at radius 3 is 2.11 bits per heavy atom. The fourth-order valence-corrected chi connectivity index (χ4v) is 8.64. The Kier molecular flexibility index (Phi) is 16.2. The van der Waals surface area contributed by atoms with Gasteiger partial charge in [0.25, 0.3) is 0 Å². The SMILES string of the molecule is C[C@H](CC1=C[N+](C(N)=O)(C(=O)[C@@H](N)Cc2ccccc2)C=N1)N(C(=O)OC(C)(C)C)[C@@H](CC1CCCC(COCc2ccccc2)C1)[C@H](O)c1nccn1COCc1ccccc1. The van der Waals surface area contributed by atoms with Crippen molar-refractivity contribution in [3.8, 4) is 0 Å². The zero-order valence-electron chi connectivity index (χ0n) is 37.0. The number of aliphatic hydroxyl groups is 1. The van der Waals surface area contributed by atoms with Crippen LogP contribution >= 0.6 is 0 Å². The average Bonchev–Trinajstić information content (AvgIpc) is 3.92. The summed E-state index contributed by atoms with van der Waals surface area (Å²) in [6.45, 7) is 8.84. The molecule has 1 aliphatic heterocycles. The van der Waals surface area contributed by atoms with Crippen molar-refractivity contribution in [1.82, 2.24) is 14.5 Å². The zero-order chi connectivity index (χ0) is 45.0. The van der Waals surface area contributed by atoms with Gasteiger partial charge in [-0.05, 0) is 75.5 Å². The van der Waals surface area contributed by atoms with Crippen LogP contribution in [0.15, 0.2) is 120 Å². The number of carbonyl (C=O) groups is 3. The van der Waals surface area contributed by atoms with Gasteiger partial charge in [0.2, 0.25) is 6.34 Å². The number of hydrogen-bond donors (Lipinski definition) is 3. The second-order valence-electron chi connectivity index (χ2n) is 17.9. The number of quaternary nitrogens is 1. The number of aliphatic imine (C=N–C) groups is 1. The lowest BCUT2D eigenvalue weighted by Gasteiger charge is -2.42. The zero-order valence-corrected chi connectivity index (χ0v) is 37.0. The van der Waals surface area contributed by atoms with Crippen LogP contribution in [0.1, 0.15) is 94.8 Å². The summed E-state index contributed by atoms with van der Waals surface area (Å²) in [5.74, 6) is 0.142. The summed E-state index contributed by atoms with van der Waals surface area (Å²) in [4.78, 5) is 52.3. The van der Waals surface area contributed by atoms with Gasteiger partial charge < -0.3 is 35.4 Å². The van der Waals surface area contributed by atoms with Gasteiger partial charge >= 0.3 is 18.0 Å². The molecule has 5 N–H and O–H groups in total. The Hall–Kier alpha value is -5.51. The third kappa shape index (κ3) is 12.8. The lowest BCUT2D eigenvalue weighted by Crippen LogP contribution is -2.59. The Morgan fingerprint density at radius 1 is 0.889 bits per heavy atom. The highest BCUT2D eigenvalue weighted by Gasteiger charge is 2.48. The second-order valence-corrected chi connectivity index (χ2v) is 17.9. The molecule has 2 aliphatic rings. The number of urea groups is 1. The van der Waals surface area contributed by atoms with E-state index in [0.717, 1.165) is 42.4 Å². The second kappa shape index (κ2) is 21.7. The van der Waals surface area contributed by atoms with Gasteiger partial charge in [0.1, 0.15) is 42.2 Å². The summed E-state index contributed by atoms with van der Waals surface area (Å²) >= 11 is 0. The van der Waals surface area contributed by atoms with Crippen LogP contribution in [-0.2, 0) is 45.4 Å². The van der Waals surface area contributed by atoms with Gasteiger partial charge in [-0.1, -0.05) is 104 Å². The molecule has 6 rings (SSSR count). The fraction of sp³-hybridized carbons (Fsp3) is 0.449. The van der Waals surface area contributed by atoms with E-state index in [-0.39, 0.29) is 25.5 Å². The molecule has 336 valence electrons. The summed E-state index contributed by atoms with van der Waals surface area (Å²) in [5, 5.41) is 12.6. The largest absolute Gasteiger partial charge is 0.444 e. The van der Waals surface area contributed by atoms with Crippen LogP contribution in [0.5, 0.6) is 0 Å².